The van der Waals surface area contributed by atoms with Gasteiger partial charge in [-0.05, 0) is 47.5 Å². The summed E-state index contributed by atoms with van der Waals surface area (Å²) in [5.74, 6) is -1.19. The van der Waals surface area contributed by atoms with E-state index >= 15 is 0 Å². The van der Waals surface area contributed by atoms with Crippen LogP contribution in [0.25, 0.3) is 11.1 Å². The molecule has 0 aromatic heterocycles. The zero-order valence-corrected chi connectivity index (χ0v) is 11.3. The summed E-state index contributed by atoms with van der Waals surface area (Å²) < 4.78 is 26.6. The zero-order valence-electron chi connectivity index (χ0n) is 10.5. The molecular weight excluding hydrogens is 268 g/mol. The van der Waals surface area contributed by atoms with Crippen molar-refractivity contribution in [1.82, 2.24) is 5.32 Å². The molecule has 0 spiro atoms. The van der Waals surface area contributed by atoms with Gasteiger partial charge in [-0.15, -0.1) is 0 Å². The lowest BCUT2D eigenvalue weighted by molar-refractivity contribution is 0.584. The number of halogens is 3. The van der Waals surface area contributed by atoms with Gasteiger partial charge in [0, 0.05) is 17.6 Å². The van der Waals surface area contributed by atoms with Crippen LogP contribution >= 0.6 is 11.6 Å². The molecule has 0 heterocycles. The average molecular weight is 282 g/mol. The Bertz CT molecular complexity index is 564. The molecule has 4 heteroatoms. The van der Waals surface area contributed by atoms with Crippen LogP contribution in [0.1, 0.15) is 12.5 Å². The molecule has 0 aliphatic carbocycles. The van der Waals surface area contributed by atoms with E-state index in [0.29, 0.717) is 17.1 Å². The Hall–Kier alpha value is -1.45. The molecule has 0 fully saturated rings. The second-order valence-electron chi connectivity index (χ2n) is 4.24. The number of benzene rings is 2. The van der Waals surface area contributed by atoms with Gasteiger partial charge in [-0.25, -0.2) is 8.78 Å². The summed E-state index contributed by atoms with van der Waals surface area (Å²) in [5, 5.41) is 3.73. The summed E-state index contributed by atoms with van der Waals surface area (Å²) in [6.45, 7) is 3.44. The topological polar surface area (TPSA) is 12.0 Å². The van der Waals surface area contributed by atoms with Crippen molar-refractivity contribution in [3.05, 3.63) is 58.6 Å². The summed E-state index contributed by atoms with van der Waals surface area (Å²) >= 11 is 5.97. The SMILES string of the molecule is CCNCc1ccc(Cl)cc1-c1cc(F)cc(F)c1. The molecule has 0 aliphatic rings. The van der Waals surface area contributed by atoms with Crippen LogP contribution in [0.15, 0.2) is 36.4 Å². The van der Waals surface area contributed by atoms with Crippen LogP contribution in [0.5, 0.6) is 0 Å². The molecule has 1 N–H and O–H groups in total. The van der Waals surface area contributed by atoms with Crippen LogP contribution in [0.2, 0.25) is 5.02 Å². The quantitative estimate of drug-likeness (QED) is 0.876. The van der Waals surface area contributed by atoms with Crippen LogP contribution in [-0.4, -0.2) is 6.54 Å². The van der Waals surface area contributed by atoms with Crippen molar-refractivity contribution in [2.45, 2.75) is 13.5 Å². The molecule has 1 nitrogen and oxygen atoms in total. The van der Waals surface area contributed by atoms with Crippen molar-refractivity contribution in [2.24, 2.45) is 0 Å². The summed E-state index contributed by atoms with van der Waals surface area (Å²) in [4.78, 5) is 0. The first kappa shape index (κ1) is 14.0. The molecule has 100 valence electrons. The van der Waals surface area contributed by atoms with E-state index in [-0.39, 0.29) is 0 Å². The fraction of sp³-hybridized carbons (Fsp3) is 0.200. The van der Waals surface area contributed by atoms with Gasteiger partial charge in [0.2, 0.25) is 0 Å². The highest BCUT2D eigenvalue weighted by Crippen LogP contribution is 2.28. The minimum atomic E-state index is -0.593. The maximum Gasteiger partial charge on any atom is 0.126 e. The van der Waals surface area contributed by atoms with Crippen molar-refractivity contribution in [1.29, 1.82) is 0 Å². The molecule has 0 aliphatic heterocycles. The number of rotatable bonds is 4. The number of nitrogens with one attached hydrogen (secondary N) is 1. The molecule has 0 bridgehead atoms. The second kappa shape index (κ2) is 6.13. The van der Waals surface area contributed by atoms with E-state index in [0.717, 1.165) is 23.7 Å². The lowest BCUT2D eigenvalue weighted by Gasteiger charge is -2.11. The first-order chi connectivity index (χ1) is 9.10. The molecule has 2 rings (SSSR count). The normalized spacial score (nSPS) is 10.7. The molecular formula is C15H14ClF2N. The molecule has 2 aromatic rings. The Kier molecular flexibility index (Phi) is 4.51. The zero-order chi connectivity index (χ0) is 13.8. The molecule has 0 saturated heterocycles. The van der Waals surface area contributed by atoms with Gasteiger partial charge in [0.25, 0.3) is 0 Å². The minimum Gasteiger partial charge on any atom is -0.313 e. The van der Waals surface area contributed by atoms with Gasteiger partial charge in [-0.1, -0.05) is 24.6 Å². The van der Waals surface area contributed by atoms with Gasteiger partial charge in [0.1, 0.15) is 11.6 Å². The first-order valence-electron chi connectivity index (χ1n) is 6.05. The van der Waals surface area contributed by atoms with Crippen LogP contribution < -0.4 is 5.32 Å². The van der Waals surface area contributed by atoms with Gasteiger partial charge >= 0.3 is 0 Å². The fourth-order valence-corrected chi connectivity index (χ4v) is 2.11. The molecule has 0 atom stereocenters. The lowest BCUT2D eigenvalue weighted by atomic mass is 9.99. The van der Waals surface area contributed by atoms with Gasteiger partial charge in [-0.2, -0.15) is 0 Å². The van der Waals surface area contributed by atoms with E-state index in [1.165, 1.54) is 12.1 Å². The Labute approximate surface area is 116 Å². The Morgan fingerprint density at radius 1 is 1.05 bits per heavy atom. The molecule has 0 amide bonds. The van der Waals surface area contributed by atoms with Gasteiger partial charge in [0.05, 0.1) is 0 Å². The maximum absolute atomic E-state index is 13.3. The third kappa shape index (κ3) is 3.52. The predicted octanol–water partition coefficient (Wildman–Crippen LogP) is 4.39. The number of hydrogen-bond donors (Lipinski definition) is 1. The first-order valence-corrected chi connectivity index (χ1v) is 6.43. The third-order valence-electron chi connectivity index (χ3n) is 2.81. The Morgan fingerprint density at radius 3 is 2.37 bits per heavy atom. The summed E-state index contributed by atoms with van der Waals surface area (Å²) in [6.07, 6.45) is 0. The monoisotopic (exact) mass is 281 g/mol. The largest absolute Gasteiger partial charge is 0.313 e. The van der Waals surface area contributed by atoms with E-state index in [4.69, 9.17) is 11.6 Å². The van der Waals surface area contributed by atoms with Crippen LogP contribution in [0.3, 0.4) is 0 Å². The van der Waals surface area contributed by atoms with Crippen LogP contribution in [0.4, 0.5) is 8.78 Å². The highest BCUT2D eigenvalue weighted by Gasteiger charge is 2.09. The third-order valence-corrected chi connectivity index (χ3v) is 3.05. The standard InChI is InChI=1S/C15H14ClF2N/c1-2-19-9-10-3-4-12(16)7-15(10)11-5-13(17)8-14(18)6-11/h3-8,19H,2,9H2,1H3. The van der Waals surface area contributed by atoms with Crippen LogP contribution in [0, 0.1) is 11.6 Å². The number of hydrogen-bond acceptors (Lipinski definition) is 1. The highest BCUT2D eigenvalue weighted by molar-refractivity contribution is 6.30. The van der Waals surface area contributed by atoms with E-state index in [2.05, 4.69) is 5.32 Å². The van der Waals surface area contributed by atoms with E-state index in [1.807, 2.05) is 13.0 Å². The second-order valence-corrected chi connectivity index (χ2v) is 4.68. The summed E-state index contributed by atoms with van der Waals surface area (Å²) in [6, 6.07) is 8.84. The molecule has 2 aromatic carbocycles. The van der Waals surface area contributed by atoms with Crippen molar-refractivity contribution < 1.29 is 8.78 Å². The van der Waals surface area contributed by atoms with Gasteiger partial charge in [-0.3, -0.25) is 0 Å². The minimum absolute atomic E-state index is 0.493. The molecule has 0 saturated carbocycles. The molecule has 0 unspecified atom stereocenters. The van der Waals surface area contributed by atoms with Crippen molar-refractivity contribution in [2.75, 3.05) is 6.54 Å². The molecule has 19 heavy (non-hydrogen) atoms. The molecule has 0 radical (unpaired) electrons. The van der Waals surface area contributed by atoms with Gasteiger partial charge in [0.15, 0.2) is 0 Å². The Morgan fingerprint density at radius 2 is 1.74 bits per heavy atom. The Balaban J connectivity index is 2.49. The maximum atomic E-state index is 13.3. The summed E-state index contributed by atoms with van der Waals surface area (Å²) in [7, 11) is 0. The van der Waals surface area contributed by atoms with Crippen LogP contribution in [-0.2, 0) is 6.54 Å². The van der Waals surface area contributed by atoms with Crippen molar-refractivity contribution in [3.8, 4) is 11.1 Å². The van der Waals surface area contributed by atoms with Crippen molar-refractivity contribution >= 4 is 11.6 Å². The highest BCUT2D eigenvalue weighted by atomic mass is 35.5. The van der Waals surface area contributed by atoms with Crippen molar-refractivity contribution in [3.63, 3.8) is 0 Å². The smallest absolute Gasteiger partial charge is 0.126 e. The summed E-state index contributed by atoms with van der Waals surface area (Å²) in [5.41, 5.74) is 2.19. The fourth-order valence-electron chi connectivity index (χ4n) is 1.94. The van der Waals surface area contributed by atoms with E-state index < -0.39 is 11.6 Å². The predicted molar refractivity (Wildman–Crippen MR) is 74.2 cm³/mol. The lowest BCUT2D eigenvalue weighted by Crippen LogP contribution is -2.12. The average Bonchev–Trinajstić information content (AvgIpc) is 2.36. The van der Waals surface area contributed by atoms with E-state index in [1.54, 1.807) is 12.1 Å². The van der Waals surface area contributed by atoms with E-state index in [9.17, 15) is 8.78 Å². The van der Waals surface area contributed by atoms with Gasteiger partial charge < -0.3 is 5.32 Å².